The Labute approximate surface area is 160 Å². The summed E-state index contributed by atoms with van der Waals surface area (Å²) in [5, 5.41) is 0. The lowest BCUT2D eigenvalue weighted by atomic mass is 9.99. The number of amides is 1. The first-order valence-corrected chi connectivity index (χ1v) is 10.8. The predicted molar refractivity (Wildman–Crippen MR) is 106 cm³/mol. The molecular formula is C22H23NO3S. The zero-order valence-corrected chi connectivity index (χ0v) is 16.2. The lowest BCUT2D eigenvalue weighted by molar-refractivity contribution is -0.131. The van der Waals surface area contributed by atoms with Crippen molar-refractivity contribution < 1.29 is 13.2 Å². The number of carbonyl (C=O) groups excluding carboxylic acids is 1. The van der Waals surface area contributed by atoms with Crippen molar-refractivity contribution in [3.8, 4) is 0 Å². The van der Waals surface area contributed by atoms with Gasteiger partial charge in [-0.15, -0.1) is 0 Å². The molecule has 1 aliphatic carbocycles. The van der Waals surface area contributed by atoms with Gasteiger partial charge in [-0.1, -0.05) is 54.1 Å². The molecule has 1 aliphatic heterocycles. The third-order valence-corrected chi connectivity index (χ3v) is 8.08. The Hall–Kier alpha value is -2.40. The van der Waals surface area contributed by atoms with Gasteiger partial charge < -0.3 is 4.90 Å². The number of carbonyl (C=O) groups is 1. The summed E-state index contributed by atoms with van der Waals surface area (Å²) in [5.41, 5.74) is 3.38. The van der Waals surface area contributed by atoms with Crippen molar-refractivity contribution in [2.45, 2.75) is 35.8 Å². The van der Waals surface area contributed by atoms with Crippen LogP contribution in [0, 0.1) is 6.92 Å². The lowest BCUT2D eigenvalue weighted by Crippen LogP contribution is -2.46. The Kier molecular flexibility index (Phi) is 4.42. The molecule has 4 nitrogen and oxygen atoms in total. The van der Waals surface area contributed by atoms with E-state index in [1.54, 1.807) is 29.2 Å². The van der Waals surface area contributed by atoms with E-state index < -0.39 is 14.6 Å². The summed E-state index contributed by atoms with van der Waals surface area (Å²) in [5.74, 6) is -0.244. The van der Waals surface area contributed by atoms with Crippen LogP contribution in [0.25, 0.3) is 5.57 Å². The number of hydrogen-bond acceptors (Lipinski definition) is 3. The highest BCUT2D eigenvalue weighted by Crippen LogP contribution is 2.48. The molecule has 0 aromatic heterocycles. The van der Waals surface area contributed by atoms with Gasteiger partial charge >= 0.3 is 0 Å². The monoisotopic (exact) mass is 381 g/mol. The first-order chi connectivity index (χ1) is 12.9. The molecule has 0 bridgehead atoms. The summed E-state index contributed by atoms with van der Waals surface area (Å²) >= 11 is 0. The van der Waals surface area contributed by atoms with Gasteiger partial charge in [0.15, 0.2) is 14.6 Å². The van der Waals surface area contributed by atoms with E-state index in [2.05, 4.69) is 12.1 Å². The summed E-state index contributed by atoms with van der Waals surface area (Å²) in [4.78, 5) is 15.1. The highest BCUT2D eigenvalue weighted by Gasteiger charge is 2.62. The smallest absolute Gasteiger partial charge is 0.244 e. The minimum atomic E-state index is -3.67. The van der Waals surface area contributed by atoms with Crippen LogP contribution in [0.5, 0.6) is 0 Å². The van der Waals surface area contributed by atoms with Gasteiger partial charge in [0.05, 0.1) is 4.90 Å². The van der Waals surface area contributed by atoms with Gasteiger partial charge in [0, 0.05) is 13.1 Å². The van der Waals surface area contributed by atoms with Gasteiger partial charge in [0.1, 0.15) is 0 Å². The van der Waals surface area contributed by atoms with Crippen LogP contribution >= 0.6 is 0 Å². The van der Waals surface area contributed by atoms with Gasteiger partial charge in [-0.3, -0.25) is 4.79 Å². The summed E-state index contributed by atoms with van der Waals surface area (Å²) in [6.07, 6.45) is 3.61. The fourth-order valence-electron chi connectivity index (χ4n) is 3.71. The summed E-state index contributed by atoms with van der Waals surface area (Å²) < 4.78 is 25.0. The first-order valence-electron chi connectivity index (χ1n) is 9.29. The number of aryl methyl sites for hydroxylation is 1. The molecule has 2 aliphatic rings. The Morgan fingerprint density at radius 1 is 1.00 bits per heavy atom. The predicted octanol–water partition coefficient (Wildman–Crippen LogP) is 3.62. The molecule has 4 rings (SSSR count). The Morgan fingerprint density at radius 2 is 1.67 bits per heavy atom. The van der Waals surface area contributed by atoms with Crippen molar-refractivity contribution in [1.82, 2.24) is 4.90 Å². The summed E-state index contributed by atoms with van der Waals surface area (Å²) in [6, 6.07) is 16.9. The van der Waals surface area contributed by atoms with Crippen molar-refractivity contribution in [3.63, 3.8) is 0 Å². The first kappa shape index (κ1) is 18.0. The standard InChI is InChI=1S/C22H23NO3S/c1-17-7-9-20(10-8-17)27(25,26)22(13-14-22)21(24)23-15-11-19(12-16-23)18-5-3-2-4-6-18/h2-11H,12-16H2,1H3. The lowest BCUT2D eigenvalue weighted by Gasteiger charge is -2.30. The molecule has 1 amide bonds. The molecule has 0 atom stereocenters. The summed E-state index contributed by atoms with van der Waals surface area (Å²) in [7, 11) is -3.67. The second-order valence-electron chi connectivity index (χ2n) is 7.41. The molecular weight excluding hydrogens is 358 g/mol. The molecule has 1 saturated carbocycles. The van der Waals surface area contributed by atoms with Crippen LogP contribution in [0.4, 0.5) is 0 Å². The van der Waals surface area contributed by atoms with Crippen molar-refractivity contribution in [1.29, 1.82) is 0 Å². The molecule has 140 valence electrons. The van der Waals surface area contributed by atoms with Crippen LogP contribution in [0.3, 0.4) is 0 Å². The molecule has 0 saturated heterocycles. The third kappa shape index (κ3) is 3.10. The average Bonchev–Trinajstić information content (AvgIpc) is 3.51. The quantitative estimate of drug-likeness (QED) is 0.813. The molecule has 5 heteroatoms. The molecule has 0 spiro atoms. The number of benzene rings is 2. The van der Waals surface area contributed by atoms with Crippen molar-refractivity contribution in [2.75, 3.05) is 13.1 Å². The van der Waals surface area contributed by atoms with Crippen LogP contribution in [0.1, 0.15) is 30.4 Å². The minimum Gasteiger partial charge on any atom is -0.337 e. The van der Waals surface area contributed by atoms with E-state index in [0.717, 1.165) is 17.5 Å². The zero-order valence-electron chi connectivity index (χ0n) is 15.4. The van der Waals surface area contributed by atoms with Gasteiger partial charge in [-0.2, -0.15) is 0 Å². The SMILES string of the molecule is Cc1ccc(S(=O)(=O)C2(C(=O)N3CC=C(c4ccccc4)CC3)CC2)cc1. The molecule has 0 N–H and O–H groups in total. The number of sulfone groups is 1. The number of nitrogens with zero attached hydrogens (tertiary/aromatic N) is 1. The van der Waals surface area contributed by atoms with Crippen LogP contribution in [-0.2, 0) is 14.6 Å². The third-order valence-electron chi connectivity index (χ3n) is 5.58. The van der Waals surface area contributed by atoms with Crippen LogP contribution in [-0.4, -0.2) is 37.1 Å². The largest absolute Gasteiger partial charge is 0.337 e. The fourth-order valence-corrected chi connectivity index (χ4v) is 5.65. The Balaban J connectivity index is 1.55. The van der Waals surface area contributed by atoms with E-state index in [9.17, 15) is 13.2 Å². The molecule has 0 unspecified atom stereocenters. The van der Waals surface area contributed by atoms with Gasteiger partial charge in [0.2, 0.25) is 5.91 Å². The maximum Gasteiger partial charge on any atom is 0.244 e. The van der Waals surface area contributed by atoms with E-state index in [1.165, 1.54) is 5.57 Å². The minimum absolute atomic E-state index is 0.244. The van der Waals surface area contributed by atoms with Crippen LogP contribution in [0.2, 0.25) is 0 Å². The van der Waals surface area contributed by atoms with Crippen molar-refractivity contribution >= 4 is 21.3 Å². The highest BCUT2D eigenvalue weighted by atomic mass is 32.2. The molecule has 1 heterocycles. The highest BCUT2D eigenvalue weighted by molar-refractivity contribution is 7.94. The van der Waals surface area contributed by atoms with Crippen molar-refractivity contribution in [3.05, 3.63) is 71.8 Å². The molecule has 1 fully saturated rings. The Morgan fingerprint density at radius 3 is 2.22 bits per heavy atom. The van der Waals surface area contributed by atoms with Gasteiger partial charge in [0.25, 0.3) is 0 Å². The molecule has 2 aromatic rings. The van der Waals surface area contributed by atoms with E-state index in [-0.39, 0.29) is 10.8 Å². The van der Waals surface area contributed by atoms with E-state index in [1.807, 2.05) is 31.2 Å². The van der Waals surface area contributed by atoms with Crippen LogP contribution < -0.4 is 0 Å². The normalized spacial score (nSPS) is 18.7. The topological polar surface area (TPSA) is 54.5 Å². The maximum atomic E-state index is 13.1. The van der Waals surface area contributed by atoms with Crippen molar-refractivity contribution in [2.24, 2.45) is 0 Å². The number of hydrogen-bond donors (Lipinski definition) is 0. The molecule has 2 aromatic carbocycles. The average molecular weight is 381 g/mol. The maximum absolute atomic E-state index is 13.1. The molecule has 27 heavy (non-hydrogen) atoms. The second-order valence-corrected chi connectivity index (χ2v) is 9.67. The zero-order chi connectivity index (χ0) is 19.1. The second kappa shape index (κ2) is 6.64. The Bertz CT molecular complexity index is 988. The van der Waals surface area contributed by atoms with Gasteiger partial charge in [-0.25, -0.2) is 8.42 Å². The molecule has 0 radical (unpaired) electrons. The van der Waals surface area contributed by atoms with E-state index in [0.29, 0.717) is 25.9 Å². The van der Waals surface area contributed by atoms with E-state index >= 15 is 0 Å². The van der Waals surface area contributed by atoms with Gasteiger partial charge in [-0.05, 0) is 49.5 Å². The van der Waals surface area contributed by atoms with Crippen LogP contribution in [0.15, 0.2) is 65.6 Å². The fraction of sp³-hybridized carbons (Fsp3) is 0.318. The van der Waals surface area contributed by atoms with E-state index in [4.69, 9.17) is 0 Å². The number of rotatable bonds is 4. The summed E-state index contributed by atoms with van der Waals surface area (Å²) in [6.45, 7) is 2.94.